The number of hydrogen-bond acceptors (Lipinski definition) is 4. The van der Waals surface area contributed by atoms with Gasteiger partial charge in [0.05, 0.1) is 25.0 Å². The molecule has 0 unspecified atom stereocenters. The molecule has 26 heavy (non-hydrogen) atoms. The number of carbonyl (C=O) groups excluding carboxylic acids is 1. The van der Waals surface area contributed by atoms with E-state index in [0.29, 0.717) is 5.69 Å². The van der Waals surface area contributed by atoms with E-state index >= 15 is 0 Å². The zero-order valence-electron chi connectivity index (χ0n) is 15.4. The van der Waals surface area contributed by atoms with E-state index in [4.69, 9.17) is 4.74 Å². The van der Waals surface area contributed by atoms with Gasteiger partial charge in [-0.15, -0.1) is 0 Å². The molecule has 0 bridgehead atoms. The monoisotopic (exact) mass is 353 g/mol. The van der Waals surface area contributed by atoms with Crippen LogP contribution in [-0.4, -0.2) is 32.6 Å². The van der Waals surface area contributed by atoms with Gasteiger partial charge in [0, 0.05) is 24.0 Å². The Morgan fingerprint density at radius 2 is 2.00 bits per heavy atom. The molecule has 1 N–H and O–H groups in total. The van der Waals surface area contributed by atoms with E-state index < -0.39 is 0 Å². The van der Waals surface area contributed by atoms with Crippen LogP contribution >= 0.6 is 0 Å². The second kappa shape index (κ2) is 7.43. The first kappa shape index (κ1) is 17.7. The Hall–Kier alpha value is -3.09. The third kappa shape index (κ3) is 3.46. The maximum atomic E-state index is 12.4. The fourth-order valence-corrected chi connectivity index (χ4v) is 2.84. The van der Waals surface area contributed by atoms with Gasteiger partial charge < -0.3 is 10.1 Å². The van der Waals surface area contributed by atoms with Crippen molar-refractivity contribution in [3.05, 3.63) is 59.7 Å². The highest BCUT2D eigenvalue weighted by Gasteiger charge is 2.18. The van der Waals surface area contributed by atoms with Gasteiger partial charge in [-0.2, -0.15) is 10.2 Å². The highest BCUT2D eigenvalue weighted by atomic mass is 16.5. The lowest BCUT2D eigenvalue weighted by atomic mass is 10.1. The van der Waals surface area contributed by atoms with E-state index in [1.165, 1.54) is 0 Å². The number of amides is 1. The smallest absolute Gasteiger partial charge is 0.272 e. The molecule has 0 saturated carbocycles. The molecule has 2 aromatic heterocycles. The van der Waals surface area contributed by atoms with Gasteiger partial charge in [0.2, 0.25) is 0 Å². The van der Waals surface area contributed by atoms with Gasteiger partial charge in [-0.25, -0.2) is 4.68 Å². The summed E-state index contributed by atoms with van der Waals surface area (Å²) < 4.78 is 8.77. The van der Waals surface area contributed by atoms with Gasteiger partial charge in [-0.05, 0) is 51.1 Å². The highest BCUT2D eigenvalue weighted by molar-refractivity contribution is 5.92. The number of aromatic nitrogens is 4. The number of nitrogens with zero attached hydrogens (tertiary/aromatic N) is 4. The normalized spacial score (nSPS) is 12.0. The van der Waals surface area contributed by atoms with Crippen LogP contribution in [-0.2, 0) is 6.54 Å². The van der Waals surface area contributed by atoms with Crippen LogP contribution in [0.15, 0.2) is 42.7 Å². The molecule has 3 aromatic rings. The van der Waals surface area contributed by atoms with Crippen LogP contribution in [0.25, 0.3) is 5.69 Å². The van der Waals surface area contributed by atoms with Crippen molar-refractivity contribution in [2.45, 2.75) is 33.4 Å². The molecule has 1 amide bonds. The second-order valence-corrected chi connectivity index (χ2v) is 6.05. The molecule has 0 aliphatic carbocycles. The topological polar surface area (TPSA) is 74.0 Å². The molecule has 0 radical (unpaired) electrons. The van der Waals surface area contributed by atoms with Gasteiger partial charge in [-0.1, -0.05) is 0 Å². The molecule has 1 atom stereocenters. The number of aryl methyl sites for hydroxylation is 1. The summed E-state index contributed by atoms with van der Waals surface area (Å²) in [5, 5.41) is 11.7. The minimum absolute atomic E-state index is 0.179. The first-order chi connectivity index (χ1) is 12.5. The second-order valence-electron chi connectivity index (χ2n) is 6.05. The van der Waals surface area contributed by atoms with Crippen molar-refractivity contribution < 1.29 is 9.53 Å². The van der Waals surface area contributed by atoms with E-state index in [2.05, 4.69) is 15.5 Å². The lowest BCUT2D eigenvalue weighted by Crippen LogP contribution is -2.27. The average Bonchev–Trinajstić information content (AvgIpc) is 3.28. The summed E-state index contributed by atoms with van der Waals surface area (Å²) in [6.07, 6.45) is 3.59. The maximum absolute atomic E-state index is 12.4. The number of rotatable bonds is 6. The Kier molecular flexibility index (Phi) is 5.06. The highest BCUT2D eigenvalue weighted by Crippen LogP contribution is 2.22. The number of ether oxygens (including phenoxy) is 1. The summed E-state index contributed by atoms with van der Waals surface area (Å²) >= 11 is 0. The van der Waals surface area contributed by atoms with Gasteiger partial charge in [0.15, 0.2) is 0 Å². The zero-order valence-corrected chi connectivity index (χ0v) is 15.4. The number of hydrogen-bond donors (Lipinski definition) is 1. The summed E-state index contributed by atoms with van der Waals surface area (Å²) in [5.41, 5.74) is 3.29. The van der Waals surface area contributed by atoms with Crippen molar-refractivity contribution in [3.8, 4) is 11.4 Å². The minimum atomic E-state index is -0.193. The molecule has 2 heterocycles. The Labute approximate surface area is 152 Å². The van der Waals surface area contributed by atoms with Crippen LogP contribution in [0.5, 0.6) is 5.75 Å². The van der Waals surface area contributed by atoms with Crippen molar-refractivity contribution in [1.82, 2.24) is 24.9 Å². The number of carbonyl (C=O) groups is 1. The fraction of sp³-hybridized carbons (Fsp3) is 0.316. The van der Waals surface area contributed by atoms with E-state index in [9.17, 15) is 4.79 Å². The first-order valence-electron chi connectivity index (χ1n) is 8.56. The van der Waals surface area contributed by atoms with Gasteiger partial charge in [0.1, 0.15) is 11.4 Å². The van der Waals surface area contributed by atoms with Crippen LogP contribution in [0.4, 0.5) is 0 Å². The Bertz CT molecular complexity index is 895. The maximum Gasteiger partial charge on any atom is 0.272 e. The number of methoxy groups -OCH3 is 1. The summed E-state index contributed by atoms with van der Waals surface area (Å²) in [6, 6.07) is 9.23. The van der Waals surface area contributed by atoms with Crippen LogP contribution in [0, 0.1) is 6.92 Å². The predicted molar refractivity (Wildman–Crippen MR) is 98.6 cm³/mol. The molecule has 0 spiro atoms. The largest absolute Gasteiger partial charge is 0.497 e. The summed E-state index contributed by atoms with van der Waals surface area (Å²) in [7, 11) is 1.64. The molecule has 7 nitrogen and oxygen atoms in total. The molecule has 136 valence electrons. The molecule has 0 aliphatic heterocycles. The lowest BCUT2D eigenvalue weighted by Gasteiger charge is -2.13. The standard InChI is InChI=1S/C19H23N5O2/c1-5-23-11-10-18(22-23)19(25)21-13(2)17-12-20-24(14(17)3)15-6-8-16(26-4)9-7-15/h6-13H,5H2,1-4H3,(H,21,25)/t13-/m1/s1. The Morgan fingerprint density at radius 3 is 2.62 bits per heavy atom. The molecule has 1 aromatic carbocycles. The van der Waals surface area contributed by atoms with Gasteiger partial charge >= 0.3 is 0 Å². The van der Waals surface area contributed by atoms with E-state index in [1.54, 1.807) is 30.3 Å². The molecule has 3 rings (SSSR count). The van der Waals surface area contributed by atoms with Crippen molar-refractivity contribution >= 4 is 5.91 Å². The van der Waals surface area contributed by atoms with Crippen LogP contribution < -0.4 is 10.1 Å². The van der Waals surface area contributed by atoms with E-state index in [0.717, 1.165) is 29.2 Å². The quantitative estimate of drug-likeness (QED) is 0.739. The Morgan fingerprint density at radius 1 is 1.27 bits per heavy atom. The summed E-state index contributed by atoms with van der Waals surface area (Å²) in [5.74, 6) is 0.604. The summed E-state index contributed by atoms with van der Waals surface area (Å²) in [6.45, 7) is 6.64. The predicted octanol–water partition coefficient (Wildman–Crippen LogP) is 2.90. The molecular formula is C19H23N5O2. The fourth-order valence-electron chi connectivity index (χ4n) is 2.84. The van der Waals surface area contributed by atoms with E-state index in [1.807, 2.05) is 49.7 Å². The first-order valence-corrected chi connectivity index (χ1v) is 8.56. The molecular weight excluding hydrogens is 330 g/mol. The van der Waals surface area contributed by atoms with Crippen molar-refractivity contribution in [3.63, 3.8) is 0 Å². The number of benzene rings is 1. The lowest BCUT2D eigenvalue weighted by molar-refractivity contribution is 0.0934. The molecule has 7 heteroatoms. The van der Waals surface area contributed by atoms with Crippen LogP contribution in [0.1, 0.15) is 41.6 Å². The zero-order chi connectivity index (χ0) is 18.7. The SMILES string of the molecule is CCn1ccc(C(=O)N[C@H](C)c2cnn(-c3ccc(OC)cc3)c2C)n1. The molecule has 0 aliphatic rings. The minimum Gasteiger partial charge on any atom is -0.497 e. The third-order valence-corrected chi connectivity index (χ3v) is 4.38. The third-order valence-electron chi connectivity index (χ3n) is 4.38. The number of nitrogens with one attached hydrogen (secondary N) is 1. The van der Waals surface area contributed by atoms with Crippen molar-refractivity contribution in [1.29, 1.82) is 0 Å². The van der Waals surface area contributed by atoms with Crippen molar-refractivity contribution in [2.24, 2.45) is 0 Å². The van der Waals surface area contributed by atoms with E-state index in [-0.39, 0.29) is 11.9 Å². The molecule has 0 saturated heterocycles. The molecule has 0 fully saturated rings. The average molecular weight is 353 g/mol. The summed E-state index contributed by atoms with van der Waals surface area (Å²) in [4.78, 5) is 12.4. The van der Waals surface area contributed by atoms with Gasteiger partial charge in [0.25, 0.3) is 5.91 Å². The van der Waals surface area contributed by atoms with Crippen molar-refractivity contribution in [2.75, 3.05) is 7.11 Å². The van der Waals surface area contributed by atoms with Crippen LogP contribution in [0.2, 0.25) is 0 Å². The van der Waals surface area contributed by atoms with Gasteiger partial charge in [-0.3, -0.25) is 9.48 Å². The van der Waals surface area contributed by atoms with Crippen LogP contribution in [0.3, 0.4) is 0 Å². The Balaban J connectivity index is 1.76.